The van der Waals surface area contributed by atoms with E-state index in [4.69, 9.17) is 0 Å². The van der Waals surface area contributed by atoms with E-state index in [-0.39, 0.29) is 5.69 Å². The highest BCUT2D eigenvalue weighted by Crippen LogP contribution is 2.16. The average molecular weight is 259 g/mol. The predicted molar refractivity (Wildman–Crippen MR) is 73.3 cm³/mol. The Morgan fingerprint density at radius 1 is 1.42 bits per heavy atom. The molecule has 0 saturated carbocycles. The van der Waals surface area contributed by atoms with Crippen molar-refractivity contribution in [3.63, 3.8) is 0 Å². The van der Waals surface area contributed by atoms with E-state index < -0.39 is 0 Å². The molecule has 0 fully saturated rings. The molecule has 6 heteroatoms. The fraction of sp³-hybridized carbons (Fsp3) is 0.385. The number of hydrogen-bond donors (Lipinski definition) is 4. The van der Waals surface area contributed by atoms with Crippen molar-refractivity contribution in [1.82, 2.24) is 20.3 Å². The largest absolute Gasteiger partial charge is 0.369 e. The predicted octanol–water partition coefficient (Wildman–Crippen LogP) is 0.398. The van der Waals surface area contributed by atoms with E-state index in [2.05, 4.69) is 25.6 Å². The third-order valence-electron chi connectivity index (χ3n) is 3.32. The molecule has 4 N–H and O–H groups in total. The van der Waals surface area contributed by atoms with Crippen LogP contribution in [0, 0.1) is 0 Å². The van der Waals surface area contributed by atoms with Gasteiger partial charge in [-0.05, 0) is 12.1 Å². The molecule has 3 rings (SSSR count). The number of hydrogen-bond acceptors (Lipinski definition) is 4. The first kappa shape index (κ1) is 12.0. The summed E-state index contributed by atoms with van der Waals surface area (Å²) in [6, 6.07) is 4.02. The van der Waals surface area contributed by atoms with Gasteiger partial charge < -0.3 is 20.6 Å². The van der Waals surface area contributed by atoms with Crippen molar-refractivity contribution in [1.29, 1.82) is 0 Å². The second-order valence-corrected chi connectivity index (χ2v) is 4.65. The summed E-state index contributed by atoms with van der Waals surface area (Å²) in [6.07, 6.45) is 3.63. The summed E-state index contributed by atoms with van der Waals surface area (Å²) in [5, 5.41) is 6.56. The minimum absolute atomic E-state index is 0.275. The molecule has 2 aromatic rings. The van der Waals surface area contributed by atoms with Gasteiger partial charge in [0.15, 0.2) is 0 Å². The molecular formula is C13H17N5O. The highest BCUT2D eigenvalue weighted by Gasteiger charge is 2.15. The van der Waals surface area contributed by atoms with Gasteiger partial charge in [-0.25, -0.2) is 4.79 Å². The molecular weight excluding hydrogens is 242 g/mol. The van der Waals surface area contributed by atoms with Gasteiger partial charge in [-0.2, -0.15) is 4.98 Å². The molecule has 100 valence electrons. The Morgan fingerprint density at radius 2 is 2.37 bits per heavy atom. The van der Waals surface area contributed by atoms with Gasteiger partial charge >= 0.3 is 5.69 Å². The van der Waals surface area contributed by atoms with Gasteiger partial charge in [-0.15, -0.1) is 0 Å². The molecule has 0 amide bonds. The molecule has 0 aromatic carbocycles. The minimum atomic E-state index is -0.275. The van der Waals surface area contributed by atoms with Gasteiger partial charge in [0.05, 0.1) is 0 Å². The van der Waals surface area contributed by atoms with Crippen molar-refractivity contribution in [2.24, 2.45) is 0 Å². The Hall–Kier alpha value is -2.08. The van der Waals surface area contributed by atoms with Crippen LogP contribution < -0.4 is 16.3 Å². The van der Waals surface area contributed by atoms with E-state index in [0.717, 1.165) is 43.7 Å². The van der Waals surface area contributed by atoms with Crippen LogP contribution in [0.2, 0.25) is 0 Å². The second-order valence-electron chi connectivity index (χ2n) is 4.65. The lowest BCUT2D eigenvalue weighted by Crippen LogP contribution is -2.30. The van der Waals surface area contributed by atoms with Crippen LogP contribution in [0.5, 0.6) is 0 Å². The number of nitrogens with zero attached hydrogens (tertiary/aromatic N) is 1. The molecule has 1 aliphatic rings. The Labute approximate surface area is 110 Å². The lowest BCUT2D eigenvalue weighted by molar-refractivity contribution is 0.623. The van der Waals surface area contributed by atoms with Gasteiger partial charge in [0, 0.05) is 55.6 Å². The Kier molecular flexibility index (Phi) is 3.33. The third-order valence-corrected chi connectivity index (χ3v) is 3.32. The van der Waals surface area contributed by atoms with Gasteiger partial charge in [0.25, 0.3) is 0 Å². The van der Waals surface area contributed by atoms with Crippen LogP contribution >= 0.6 is 0 Å². The van der Waals surface area contributed by atoms with Crippen molar-refractivity contribution in [2.45, 2.75) is 19.4 Å². The fourth-order valence-electron chi connectivity index (χ4n) is 2.36. The topological polar surface area (TPSA) is 85.6 Å². The summed E-state index contributed by atoms with van der Waals surface area (Å²) >= 11 is 0. The van der Waals surface area contributed by atoms with Crippen LogP contribution in [0.4, 0.5) is 5.82 Å². The minimum Gasteiger partial charge on any atom is -0.369 e. The van der Waals surface area contributed by atoms with E-state index in [1.165, 1.54) is 5.69 Å². The fourth-order valence-corrected chi connectivity index (χ4v) is 2.36. The van der Waals surface area contributed by atoms with Crippen molar-refractivity contribution < 1.29 is 0 Å². The number of aromatic nitrogens is 3. The van der Waals surface area contributed by atoms with E-state index in [1.54, 1.807) is 0 Å². The highest BCUT2D eigenvalue weighted by molar-refractivity contribution is 5.46. The standard InChI is InChI=1S/C13H17N5O/c19-13-17-11-4-6-14-8-10(11)12(18-13)16-7-3-9-2-1-5-15-9/h1-2,5,14-15H,3-4,6-8H2,(H2,16,17,18,19). The zero-order valence-corrected chi connectivity index (χ0v) is 10.6. The SMILES string of the molecule is O=c1nc(NCCc2ccc[nH]2)c2c([nH]1)CCNC2. The maximum atomic E-state index is 11.5. The normalized spacial score (nSPS) is 14.1. The van der Waals surface area contributed by atoms with Crippen molar-refractivity contribution in [3.05, 3.63) is 45.8 Å². The lowest BCUT2D eigenvalue weighted by Gasteiger charge is -2.19. The molecule has 19 heavy (non-hydrogen) atoms. The summed E-state index contributed by atoms with van der Waals surface area (Å²) in [5.41, 5.74) is 2.98. The smallest absolute Gasteiger partial charge is 0.347 e. The van der Waals surface area contributed by atoms with Crippen molar-refractivity contribution in [2.75, 3.05) is 18.4 Å². The van der Waals surface area contributed by atoms with Crippen LogP contribution in [0.1, 0.15) is 17.0 Å². The zero-order chi connectivity index (χ0) is 13.1. The van der Waals surface area contributed by atoms with Gasteiger partial charge in [0.2, 0.25) is 0 Å². The number of rotatable bonds is 4. The molecule has 1 aliphatic heterocycles. The number of fused-ring (bicyclic) bond motifs is 1. The number of aromatic amines is 2. The quantitative estimate of drug-likeness (QED) is 0.640. The number of anilines is 1. The Morgan fingerprint density at radius 3 is 3.21 bits per heavy atom. The number of nitrogens with one attached hydrogen (secondary N) is 4. The van der Waals surface area contributed by atoms with Gasteiger partial charge in [-0.3, -0.25) is 0 Å². The highest BCUT2D eigenvalue weighted by atomic mass is 16.1. The number of H-pyrrole nitrogens is 2. The summed E-state index contributed by atoms with van der Waals surface area (Å²) in [6.45, 7) is 2.40. The molecule has 0 radical (unpaired) electrons. The second kappa shape index (κ2) is 5.27. The van der Waals surface area contributed by atoms with Crippen LogP contribution in [0.25, 0.3) is 0 Å². The lowest BCUT2D eigenvalue weighted by atomic mass is 10.1. The Bertz CT molecular complexity index is 602. The molecule has 0 unspecified atom stereocenters. The monoisotopic (exact) mass is 259 g/mol. The maximum Gasteiger partial charge on any atom is 0.347 e. The average Bonchev–Trinajstić information content (AvgIpc) is 2.91. The molecule has 0 atom stereocenters. The summed E-state index contributed by atoms with van der Waals surface area (Å²) in [4.78, 5) is 21.5. The molecule has 0 aliphatic carbocycles. The molecule has 0 bridgehead atoms. The van der Waals surface area contributed by atoms with Gasteiger partial charge in [-0.1, -0.05) is 0 Å². The van der Waals surface area contributed by atoms with Crippen LogP contribution in [-0.4, -0.2) is 28.0 Å². The first-order valence-corrected chi connectivity index (χ1v) is 6.52. The van der Waals surface area contributed by atoms with E-state index in [0.29, 0.717) is 5.82 Å². The van der Waals surface area contributed by atoms with E-state index in [9.17, 15) is 4.79 Å². The molecule has 0 saturated heterocycles. The maximum absolute atomic E-state index is 11.5. The summed E-state index contributed by atoms with van der Waals surface area (Å²) < 4.78 is 0. The van der Waals surface area contributed by atoms with Crippen molar-refractivity contribution >= 4 is 5.82 Å². The van der Waals surface area contributed by atoms with E-state index >= 15 is 0 Å². The molecule has 3 heterocycles. The zero-order valence-electron chi connectivity index (χ0n) is 10.6. The molecule has 6 nitrogen and oxygen atoms in total. The Balaban J connectivity index is 1.73. The first-order chi connectivity index (χ1) is 9.33. The first-order valence-electron chi connectivity index (χ1n) is 6.52. The van der Waals surface area contributed by atoms with Crippen LogP contribution in [0.15, 0.2) is 23.1 Å². The van der Waals surface area contributed by atoms with E-state index in [1.807, 2.05) is 18.3 Å². The van der Waals surface area contributed by atoms with Gasteiger partial charge in [0.1, 0.15) is 5.82 Å². The van der Waals surface area contributed by atoms with Crippen molar-refractivity contribution in [3.8, 4) is 0 Å². The summed E-state index contributed by atoms with van der Waals surface area (Å²) in [5.74, 6) is 0.706. The molecule has 0 spiro atoms. The third kappa shape index (κ3) is 2.68. The summed E-state index contributed by atoms with van der Waals surface area (Å²) in [7, 11) is 0. The van der Waals surface area contributed by atoms with Crippen LogP contribution in [-0.2, 0) is 19.4 Å². The van der Waals surface area contributed by atoms with Crippen LogP contribution in [0.3, 0.4) is 0 Å². The molecule has 2 aromatic heterocycles.